The molecule has 134 valence electrons. The van der Waals surface area contributed by atoms with Crippen LogP contribution < -0.4 is 9.64 Å². The first kappa shape index (κ1) is 17.0. The number of rotatable bonds is 3. The van der Waals surface area contributed by atoms with Gasteiger partial charge in [0.2, 0.25) is 5.91 Å². The molecule has 2 heterocycles. The number of carbonyl (C=O) groups is 1. The van der Waals surface area contributed by atoms with Crippen LogP contribution >= 0.6 is 0 Å². The van der Waals surface area contributed by atoms with Crippen LogP contribution in [0.25, 0.3) is 12.2 Å². The van der Waals surface area contributed by atoms with Crippen molar-refractivity contribution < 1.29 is 9.53 Å². The van der Waals surface area contributed by atoms with E-state index in [0.717, 1.165) is 33.7 Å². The van der Waals surface area contributed by atoms with E-state index in [1.165, 1.54) is 0 Å². The number of nitrogens with zero attached hydrogens (tertiary/aromatic N) is 2. The number of hydrogen-bond acceptors (Lipinski definition) is 3. The molecule has 1 amide bonds. The molecule has 0 saturated heterocycles. The van der Waals surface area contributed by atoms with Crippen LogP contribution in [-0.2, 0) is 17.9 Å². The van der Waals surface area contributed by atoms with E-state index in [1.807, 2.05) is 59.5 Å². The Morgan fingerprint density at radius 3 is 2.63 bits per heavy atom. The second kappa shape index (κ2) is 7.46. The summed E-state index contributed by atoms with van der Waals surface area (Å²) < 4.78 is 5.93. The van der Waals surface area contributed by atoms with E-state index in [9.17, 15) is 4.79 Å². The molecule has 1 aliphatic heterocycles. The fourth-order valence-electron chi connectivity index (χ4n) is 3.20. The number of amides is 1. The van der Waals surface area contributed by atoms with Crippen molar-refractivity contribution in [1.29, 1.82) is 0 Å². The van der Waals surface area contributed by atoms with Crippen LogP contribution in [0.4, 0.5) is 5.69 Å². The summed E-state index contributed by atoms with van der Waals surface area (Å²) in [5.41, 5.74) is 5.19. The lowest BCUT2D eigenvalue weighted by atomic mass is 10.0. The maximum absolute atomic E-state index is 12.2. The zero-order valence-electron chi connectivity index (χ0n) is 15.1. The first-order chi connectivity index (χ1) is 13.2. The largest absolute Gasteiger partial charge is 0.489 e. The Bertz CT molecular complexity index is 996. The number of fused-ring (bicyclic) bond motifs is 2. The number of benzene rings is 2. The van der Waals surface area contributed by atoms with Crippen LogP contribution in [0, 0.1) is 0 Å². The van der Waals surface area contributed by atoms with Crippen molar-refractivity contribution in [3.05, 3.63) is 89.2 Å². The second-order valence-corrected chi connectivity index (χ2v) is 6.50. The van der Waals surface area contributed by atoms with Crippen LogP contribution in [0.2, 0.25) is 0 Å². The van der Waals surface area contributed by atoms with Crippen molar-refractivity contribution in [2.45, 2.75) is 20.1 Å². The SMILES string of the molecule is CC(=O)N1Cc2ccc(OCc3ccncc3)cc2/C=C\c2ccccc21. The molecule has 2 aromatic carbocycles. The fraction of sp³-hybridized carbons (Fsp3) is 0.130. The molecular formula is C23H20N2O2. The summed E-state index contributed by atoms with van der Waals surface area (Å²) in [7, 11) is 0. The summed E-state index contributed by atoms with van der Waals surface area (Å²) in [5.74, 6) is 0.833. The Morgan fingerprint density at radius 1 is 1.04 bits per heavy atom. The quantitative estimate of drug-likeness (QED) is 0.683. The highest BCUT2D eigenvalue weighted by atomic mass is 16.5. The first-order valence-electron chi connectivity index (χ1n) is 8.90. The molecule has 0 N–H and O–H groups in total. The highest BCUT2D eigenvalue weighted by Crippen LogP contribution is 2.30. The third kappa shape index (κ3) is 3.75. The molecule has 1 aliphatic rings. The van der Waals surface area contributed by atoms with Crippen LogP contribution in [0.1, 0.15) is 29.2 Å². The Balaban J connectivity index is 1.64. The van der Waals surface area contributed by atoms with Gasteiger partial charge in [-0.25, -0.2) is 0 Å². The third-order valence-electron chi connectivity index (χ3n) is 4.65. The zero-order chi connectivity index (χ0) is 18.6. The molecule has 1 aromatic heterocycles. The molecule has 3 aromatic rings. The van der Waals surface area contributed by atoms with E-state index in [0.29, 0.717) is 13.2 Å². The number of hydrogen-bond donors (Lipinski definition) is 0. The number of carbonyl (C=O) groups excluding carboxylic acids is 1. The lowest BCUT2D eigenvalue weighted by molar-refractivity contribution is -0.116. The van der Waals surface area contributed by atoms with Crippen molar-refractivity contribution in [2.75, 3.05) is 4.90 Å². The smallest absolute Gasteiger partial charge is 0.224 e. The Labute approximate surface area is 158 Å². The molecule has 0 saturated carbocycles. The molecule has 4 heteroatoms. The standard InChI is InChI=1S/C23H20N2O2/c1-17(26)25-15-21-8-9-22(27-16-18-10-12-24-13-11-18)14-20(21)7-6-19-4-2-3-5-23(19)25/h2-14H,15-16H2,1H3/b7-6-. The summed E-state index contributed by atoms with van der Waals surface area (Å²) in [6.45, 7) is 2.64. The van der Waals surface area contributed by atoms with Crippen molar-refractivity contribution in [3.8, 4) is 5.75 Å². The molecule has 4 rings (SSSR count). The Kier molecular flexibility index (Phi) is 4.71. The van der Waals surface area contributed by atoms with E-state index in [4.69, 9.17) is 4.74 Å². The lowest BCUT2D eigenvalue weighted by Gasteiger charge is -2.26. The van der Waals surface area contributed by atoms with Crippen molar-refractivity contribution in [2.24, 2.45) is 0 Å². The van der Waals surface area contributed by atoms with Gasteiger partial charge in [0.05, 0.1) is 12.2 Å². The van der Waals surface area contributed by atoms with E-state index in [-0.39, 0.29) is 5.91 Å². The van der Waals surface area contributed by atoms with E-state index in [2.05, 4.69) is 17.1 Å². The van der Waals surface area contributed by atoms with Gasteiger partial charge in [-0.1, -0.05) is 36.4 Å². The summed E-state index contributed by atoms with van der Waals surface area (Å²) in [6, 6.07) is 17.9. The molecule has 0 atom stereocenters. The van der Waals surface area contributed by atoms with E-state index in [1.54, 1.807) is 19.3 Å². The number of ether oxygens (including phenoxy) is 1. The third-order valence-corrected chi connectivity index (χ3v) is 4.65. The minimum Gasteiger partial charge on any atom is -0.489 e. The van der Waals surface area contributed by atoms with Gasteiger partial charge in [0.15, 0.2) is 0 Å². The molecule has 4 nitrogen and oxygen atoms in total. The van der Waals surface area contributed by atoms with Crippen molar-refractivity contribution in [3.63, 3.8) is 0 Å². The molecule has 0 fully saturated rings. The van der Waals surface area contributed by atoms with Gasteiger partial charge in [0.1, 0.15) is 12.4 Å². The molecular weight excluding hydrogens is 336 g/mol. The normalized spacial score (nSPS) is 13.7. The Morgan fingerprint density at radius 2 is 1.81 bits per heavy atom. The summed E-state index contributed by atoms with van der Waals surface area (Å²) in [5, 5.41) is 0. The zero-order valence-corrected chi connectivity index (χ0v) is 15.1. The van der Waals surface area contributed by atoms with Crippen LogP contribution in [0.3, 0.4) is 0 Å². The molecule has 0 spiro atoms. The number of para-hydroxylation sites is 1. The predicted octanol–water partition coefficient (Wildman–Crippen LogP) is 4.70. The fourth-order valence-corrected chi connectivity index (χ4v) is 3.20. The average Bonchev–Trinajstić information content (AvgIpc) is 2.69. The van der Waals surface area contributed by atoms with Crippen molar-refractivity contribution in [1.82, 2.24) is 4.98 Å². The maximum atomic E-state index is 12.2. The van der Waals surface area contributed by atoms with Gasteiger partial charge in [0.25, 0.3) is 0 Å². The Hall–Kier alpha value is -3.40. The number of pyridine rings is 1. The van der Waals surface area contributed by atoms with Gasteiger partial charge >= 0.3 is 0 Å². The number of aromatic nitrogens is 1. The topological polar surface area (TPSA) is 42.4 Å². The van der Waals surface area contributed by atoms with Gasteiger partial charge in [-0.05, 0) is 52.6 Å². The van der Waals surface area contributed by atoms with Crippen molar-refractivity contribution >= 4 is 23.7 Å². The van der Waals surface area contributed by atoms with E-state index < -0.39 is 0 Å². The van der Waals surface area contributed by atoms with Gasteiger partial charge < -0.3 is 9.64 Å². The lowest BCUT2D eigenvalue weighted by Crippen LogP contribution is -2.29. The van der Waals surface area contributed by atoms with Crippen LogP contribution in [0.5, 0.6) is 5.75 Å². The van der Waals surface area contributed by atoms with Gasteiger partial charge in [-0.3, -0.25) is 9.78 Å². The highest BCUT2D eigenvalue weighted by molar-refractivity contribution is 5.95. The summed E-state index contributed by atoms with van der Waals surface area (Å²) >= 11 is 0. The summed E-state index contributed by atoms with van der Waals surface area (Å²) in [4.78, 5) is 18.1. The summed E-state index contributed by atoms with van der Waals surface area (Å²) in [6.07, 6.45) is 7.66. The van der Waals surface area contributed by atoms with Gasteiger partial charge in [-0.2, -0.15) is 0 Å². The molecule has 27 heavy (non-hydrogen) atoms. The minimum absolute atomic E-state index is 0.0294. The number of anilines is 1. The van der Waals surface area contributed by atoms with Crippen LogP contribution in [-0.4, -0.2) is 10.9 Å². The molecule has 0 unspecified atom stereocenters. The van der Waals surface area contributed by atoms with Gasteiger partial charge in [-0.15, -0.1) is 0 Å². The van der Waals surface area contributed by atoms with Gasteiger partial charge in [0, 0.05) is 19.3 Å². The molecule has 0 radical (unpaired) electrons. The predicted molar refractivity (Wildman–Crippen MR) is 107 cm³/mol. The first-order valence-corrected chi connectivity index (χ1v) is 8.90. The van der Waals surface area contributed by atoms with Crippen LogP contribution in [0.15, 0.2) is 67.0 Å². The minimum atomic E-state index is 0.0294. The molecule has 0 bridgehead atoms. The second-order valence-electron chi connectivity index (χ2n) is 6.50. The van der Waals surface area contributed by atoms with E-state index >= 15 is 0 Å². The monoisotopic (exact) mass is 356 g/mol. The maximum Gasteiger partial charge on any atom is 0.224 e. The average molecular weight is 356 g/mol. The molecule has 0 aliphatic carbocycles. The highest BCUT2D eigenvalue weighted by Gasteiger charge is 2.18.